The number of rotatable bonds is 4. The molecule has 168 valence electrons. The summed E-state index contributed by atoms with van der Waals surface area (Å²) >= 11 is 7.56. The number of thiophene rings is 1. The lowest BCUT2D eigenvalue weighted by molar-refractivity contribution is -0.132. The quantitative estimate of drug-likeness (QED) is 0.589. The van der Waals surface area contributed by atoms with Crippen LogP contribution in [0.3, 0.4) is 0 Å². The third-order valence-electron chi connectivity index (χ3n) is 5.79. The summed E-state index contributed by atoms with van der Waals surface area (Å²) in [6.45, 7) is 4.33. The van der Waals surface area contributed by atoms with Gasteiger partial charge in [-0.3, -0.25) is 19.7 Å². The zero-order valence-electron chi connectivity index (χ0n) is 17.7. The van der Waals surface area contributed by atoms with Crippen molar-refractivity contribution in [2.75, 3.05) is 5.32 Å². The van der Waals surface area contributed by atoms with E-state index in [2.05, 4.69) is 16.0 Å². The Hall–Kier alpha value is -2.91. The molecule has 4 rings (SSSR count). The summed E-state index contributed by atoms with van der Waals surface area (Å²) in [4.78, 5) is 51.7. The van der Waals surface area contributed by atoms with E-state index < -0.39 is 11.9 Å². The molecular weight excluding hydrogens is 452 g/mol. The number of hydrogen-bond acceptors (Lipinski definition) is 5. The molecule has 1 saturated heterocycles. The van der Waals surface area contributed by atoms with E-state index in [0.29, 0.717) is 29.1 Å². The molecule has 1 aromatic heterocycles. The first-order valence-corrected chi connectivity index (χ1v) is 11.6. The Labute approximate surface area is 194 Å². The van der Waals surface area contributed by atoms with Crippen LogP contribution in [0.25, 0.3) is 0 Å². The lowest BCUT2D eigenvalue weighted by atomic mass is 10.1. The van der Waals surface area contributed by atoms with E-state index >= 15 is 0 Å². The van der Waals surface area contributed by atoms with Gasteiger partial charge in [-0.1, -0.05) is 17.7 Å². The minimum absolute atomic E-state index is 0.216. The van der Waals surface area contributed by atoms with Gasteiger partial charge in [-0.25, -0.2) is 4.79 Å². The largest absolute Gasteiger partial charge is 0.333 e. The van der Waals surface area contributed by atoms with E-state index in [9.17, 15) is 19.2 Å². The van der Waals surface area contributed by atoms with Crippen molar-refractivity contribution in [1.29, 1.82) is 0 Å². The first-order valence-electron chi connectivity index (χ1n) is 10.3. The van der Waals surface area contributed by atoms with Crippen molar-refractivity contribution in [1.82, 2.24) is 15.5 Å². The topological polar surface area (TPSA) is 108 Å². The molecule has 1 atom stereocenters. The van der Waals surface area contributed by atoms with Gasteiger partial charge >= 0.3 is 6.03 Å². The Bertz CT molecular complexity index is 1130. The number of nitrogens with zero attached hydrogens (tertiary/aromatic N) is 1. The minimum Gasteiger partial charge on any atom is -0.333 e. The fraction of sp³-hybridized carbons (Fsp3) is 0.364. The van der Waals surface area contributed by atoms with Crippen LogP contribution >= 0.6 is 22.9 Å². The maximum absolute atomic E-state index is 12.9. The second-order valence-corrected chi connectivity index (χ2v) is 9.40. The molecule has 32 heavy (non-hydrogen) atoms. The second kappa shape index (κ2) is 8.91. The number of nitrogens with one attached hydrogen (secondary N) is 3. The van der Waals surface area contributed by atoms with Crippen LogP contribution in [0.5, 0.6) is 0 Å². The van der Waals surface area contributed by atoms with Gasteiger partial charge in [0.25, 0.3) is 5.91 Å². The molecule has 1 aromatic carbocycles. The Balaban J connectivity index is 1.41. The maximum atomic E-state index is 12.9. The van der Waals surface area contributed by atoms with Gasteiger partial charge in [-0.15, -0.1) is 11.3 Å². The van der Waals surface area contributed by atoms with E-state index in [-0.39, 0.29) is 37.4 Å². The van der Waals surface area contributed by atoms with Crippen LogP contribution in [0, 0.1) is 13.8 Å². The van der Waals surface area contributed by atoms with Gasteiger partial charge in [0, 0.05) is 33.9 Å². The van der Waals surface area contributed by atoms with Crippen LogP contribution in [-0.2, 0) is 22.7 Å². The summed E-state index contributed by atoms with van der Waals surface area (Å²) in [5, 5.41) is 10.3. The summed E-state index contributed by atoms with van der Waals surface area (Å²) in [5.41, 5.74) is 3.84. The highest BCUT2D eigenvalue weighted by Gasteiger charge is 2.39. The monoisotopic (exact) mass is 474 g/mol. The predicted octanol–water partition coefficient (Wildman–Crippen LogP) is 3.49. The van der Waals surface area contributed by atoms with Crippen molar-refractivity contribution in [3.63, 3.8) is 0 Å². The number of urea groups is 1. The van der Waals surface area contributed by atoms with E-state index in [1.165, 1.54) is 16.2 Å². The summed E-state index contributed by atoms with van der Waals surface area (Å²) in [5.74, 6) is -0.952. The van der Waals surface area contributed by atoms with E-state index in [4.69, 9.17) is 11.6 Å². The molecule has 10 heteroatoms. The Kier molecular flexibility index (Phi) is 6.21. The van der Waals surface area contributed by atoms with Crippen LogP contribution in [0.2, 0.25) is 5.02 Å². The third kappa shape index (κ3) is 4.35. The predicted molar refractivity (Wildman–Crippen MR) is 122 cm³/mol. The van der Waals surface area contributed by atoms with E-state index in [0.717, 1.165) is 21.6 Å². The summed E-state index contributed by atoms with van der Waals surface area (Å²) in [7, 11) is 0. The zero-order valence-corrected chi connectivity index (χ0v) is 19.3. The molecule has 2 aliphatic heterocycles. The van der Waals surface area contributed by atoms with Gasteiger partial charge in [-0.05, 0) is 49.4 Å². The molecule has 1 unspecified atom stereocenters. The van der Waals surface area contributed by atoms with Crippen LogP contribution in [0.15, 0.2) is 17.5 Å². The zero-order chi connectivity index (χ0) is 23.0. The molecule has 5 amide bonds. The SMILES string of the molecule is Cc1cc(C)c(NC(=O)NCc2scc3c2CN(C2CCCC(=O)NC2=O)C3=O)cc1Cl. The molecule has 3 heterocycles. The highest BCUT2D eigenvalue weighted by atomic mass is 35.5. The normalized spacial score (nSPS) is 18.3. The lowest BCUT2D eigenvalue weighted by Gasteiger charge is -2.25. The van der Waals surface area contributed by atoms with Crippen molar-refractivity contribution in [2.45, 2.75) is 52.2 Å². The lowest BCUT2D eigenvalue weighted by Crippen LogP contribution is -2.47. The number of carbonyl (C=O) groups is 4. The number of anilines is 1. The van der Waals surface area contributed by atoms with Crippen molar-refractivity contribution in [3.05, 3.63) is 49.7 Å². The number of benzene rings is 1. The Morgan fingerprint density at radius 2 is 2.03 bits per heavy atom. The van der Waals surface area contributed by atoms with E-state index in [1.54, 1.807) is 11.4 Å². The van der Waals surface area contributed by atoms with Crippen LogP contribution < -0.4 is 16.0 Å². The van der Waals surface area contributed by atoms with Gasteiger partial charge in [0.15, 0.2) is 0 Å². The number of hydrogen-bond donors (Lipinski definition) is 3. The first kappa shape index (κ1) is 22.3. The summed E-state index contributed by atoms with van der Waals surface area (Å²) < 4.78 is 0. The molecule has 0 bridgehead atoms. The highest BCUT2D eigenvalue weighted by molar-refractivity contribution is 7.10. The molecule has 2 aliphatic rings. The molecule has 0 spiro atoms. The van der Waals surface area contributed by atoms with Gasteiger partial charge in [0.1, 0.15) is 6.04 Å². The summed E-state index contributed by atoms with van der Waals surface area (Å²) in [6.07, 6.45) is 1.28. The second-order valence-electron chi connectivity index (χ2n) is 8.03. The average molecular weight is 475 g/mol. The van der Waals surface area contributed by atoms with Gasteiger partial charge in [0.05, 0.1) is 12.1 Å². The standard InChI is InChI=1S/C22H23ClN4O4S/c1-11-6-12(2)16(7-15(11)23)25-22(31)24-8-18-13-9-27(21(30)14(13)10-32-18)17-4-3-5-19(28)26-20(17)29/h6-7,10,17H,3-5,8-9H2,1-2H3,(H2,24,25,31)(H,26,28,29). The fourth-order valence-corrected chi connectivity index (χ4v) is 5.17. The van der Waals surface area contributed by atoms with Crippen molar-refractivity contribution < 1.29 is 19.2 Å². The average Bonchev–Trinajstić information content (AvgIpc) is 3.22. The van der Waals surface area contributed by atoms with Crippen molar-refractivity contribution >= 4 is 52.4 Å². The number of halogens is 1. The smallest absolute Gasteiger partial charge is 0.319 e. The van der Waals surface area contributed by atoms with Crippen LogP contribution in [0.1, 0.15) is 51.2 Å². The summed E-state index contributed by atoms with van der Waals surface area (Å²) in [6, 6.07) is 2.58. The first-order chi connectivity index (χ1) is 15.2. The molecule has 0 saturated carbocycles. The van der Waals surface area contributed by atoms with E-state index in [1.807, 2.05) is 19.9 Å². The fourth-order valence-electron chi connectivity index (χ4n) is 4.03. The number of amides is 5. The highest BCUT2D eigenvalue weighted by Crippen LogP contribution is 2.33. The number of fused-ring (bicyclic) bond motifs is 1. The molecule has 0 radical (unpaired) electrons. The van der Waals surface area contributed by atoms with Crippen LogP contribution in [0.4, 0.5) is 10.5 Å². The van der Waals surface area contributed by atoms with Gasteiger partial charge in [-0.2, -0.15) is 0 Å². The molecule has 1 fully saturated rings. The maximum Gasteiger partial charge on any atom is 0.319 e. The minimum atomic E-state index is -0.662. The number of aryl methyl sites for hydroxylation is 2. The Morgan fingerprint density at radius 1 is 1.25 bits per heavy atom. The number of imide groups is 1. The molecule has 3 N–H and O–H groups in total. The van der Waals surface area contributed by atoms with Crippen LogP contribution in [-0.4, -0.2) is 34.7 Å². The molecule has 2 aromatic rings. The van der Waals surface area contributed by atoms with Crippen molar-refractivity contribution in [2.24, 2.45) is 0 Å². The Morgan fingerprint density at radius 3 is 2.81 bits per heavy atom. The molecular formula is C22H23ClN4O4S. The molecule has 0 aliphatic carbocycles. The van der Waals surface area contributed by atoms with Gasteiger partial charge < -0.3 is 15.5 Å². The number of carbonyl (C=O) groups excluding carboxylic acids is 4. The van der Waals surface area contributed by atoms with Crippen molar-refractivity contribution in [3.8, 4) is 0 Å². The molecule has 8 nitrogen and oxygen atoms in total. The van der Waals surface area contributed by atoms with Gasteiger partial charge in [0.2, 0.25) is 11.8 Å². The third-order valence-corrected chi connectivity index (χ3v) is 7.22.